The Labute approximate surface area is 148 Å². The highest BCUT2D eigenvalue weighted by Crippen LogP contribution is 2.37. The fourth-order valence-electron chi connectivity index (χ4n) is 3.20. The van der Waals surface area contributed by atoms with E-state index >= 15 is 0 Å². The van der Waals surface area contributed by atoms with Crippen LogP contribution in [0.4, 0.5) is 0 Å². The number of hydrogen-bond donors (Lipinski definition) is 1. The first-order valence-corrected chi connectivity index (χ1v) is 9.63. The minimum absolute atomic E-state index is 0.0480. The maximum Gasteiger partial charge on any atom is 0.237 e. The predicted octanol–water partition coefficient (Wildman–Crippen LogP) is 3.92. The normalized spacial score (nSPS) is 18.3. The molecule has 0 radical (unpaired) electrons. The zero-order valence-electron chi connectivity index (χ0n) is 14.7. The number of fused-ring (bicyclic) bond motifs is 1. The van der Waals surface area contributed by atoms with Crippen LogP contribution < -0.4 is 5.32 Å². The molecule has 2 heterocycles. The van der Waals surface area contributed by atoms with Gasteiger partial charge in [-0.25, -0.2) is 0 Å². The van der Waals surface area contributed by atoms with Crippen LogP contribution in [0.2, 0.25) is 0 Å². The molecule has 2 unspecified atom stereocenters. The number of nitrogens with one attached hydrogen (secondary N) is 1. The average molecular weight is 343 g/mol. The van der Waals surface area contributed by atoms with Gasteiger partial charge in [-0.05, 0) is 49.3 Å². The van der Waals surface area contributed by atoms with E-state index in [1.165, 1.54) is 21.6 Å². The Kier molecular flexibility index (Phi) is 5.36. The molecule has 3 rings (SSSR count). The molecule has 3 nitrogen and oxygen atoms in total. The van der Waals surface area contributed by atoms with Crippen molar-refractivity contribution in [3.63, 3.8) is 0 Å². The zero-order chi connectivity index (χ0) is 17.1. The van der Waals surface area contributed by atoms with Gasteiger partial charge in [-0.2, -0.15) is 0 Å². The number of thiophene rings is 1. The molecule has 1 amide bonds. The van der Waals surface area contributed by atoms with Crippen LogP contribution in [0.5, 0.6) is 0 Å². The summed E-state index contributed by atoms with van der Waals surface area (Å²) in [6.45, 7) is 7.57. The number of benzene rings is 1. The van der Waals surface area contributed by atoms with Crippen LogP contribution >= 0.6 is 11.3 Å². The second-order valence-corrected chi connectivity index (χ2v) is 7.64. The highest BCUT2D eigenvalue weighted by molar-refractivity contribution is 7.10. The topological polar surface area (TPSA) is 32.3 Å². The largest absolute Gasteiger partial charge is 0.330 e. The SMILES string of the molecule is CCC(C)NCC(=O)N1CCc2sccc2C1c1ccc(C)cc1. The van der Waals surface area contributed by atoms with Crippen LogP contribution in [-0.4, -0.2) is 29.9 Å². The van der Waals surface area contributed by atoms with Gasteiger partial charge in [-0.15, -0.1) is 11.3 Å². The monoisotopic (exact) mass is 342 g/mol. The van der Waals surface area contributed by atoms with Crippen molar-refractivity contribution in [3.8, 4) is 0 Å². The molecule has 4 heteroatoms. The summed E-state index contributed by atoms with van der Waals surface area (Å²) >= 11 is 1.81. The zero-order valence-corrected chi connectivity index (χ0v) is 15.5. The first-order valence-electron chi connectivity index (χ1n) is 8.75. The maximum absolute atomic E-state index is 12.9. The summed E-state index contributed by atoms with van der Waals surface area (Å²) in [4.78, 5) is 16.3. The molecule has 1 aromatic carbocycles. The van der Waals surface area contributed by atoms with E-state index in [1.807, 2.05) is 11.3 Å². The van der Waals surface area contributed by atoms with Gasteiger partial charge in [0.25, 0.3) is 0 Å². The molecule has 1 aliphatic heterocycles. The van der Waals surface area contributed by atoms with Gasteiger partial charge in [-0.3, -0.25) is 4.79 Å². The van der Waals surface area contributed by atoms with Crippen molar-refractivity contribution in [1.82, 2.24) is 10.2 Å². The number of rotatable bonds is 5. The average Bonchev–Trinajstić information content (AvgIpc) is 3.08. The van der Waals surface area contributed by atoms with Crippen LogP contribution in [-0.2, 0) is 11.2 Å². The highest BCUT2D eigenvalue weighted by atomic mass is 32.1. The summed E-state index contributed by atoms with van der Waals surface area (Å²) in [6.07, 6.45) is 1.99. The summed E-state index contributed by atoms with van der Waals surface area (Å²) in [6, 6.07) is 11.2. The second-order valence-electron chi connectivity index (χ2n) is 6.64. The number of carbonyl (C=O) groups excluding carboxylic acids is 1. The number of amides is 1. The fourth-order valence-corrected chi connectivity index (χ4v) is 4.10. The van der Waals surface area contributed by atoms with E-state index in [1.54, 1.807) is 0 Å². The van der Waals surface area contributed by atoms with E-state index in [2.05, 4.69) is 66.7 Å². The summed E-state index contributed by atoms with van der Waals surface area (Å²) < 4.78 is 0. The lowest BCUT2D eigenvalue weighted by molar-refractivity contribution is -0.132. The Balaban J connectivity index is 1.87. The van der Waals surface area contributed by atoms with Gasteiger partial charge < -0.3 is 10.2 Å². The molecule has 1 N–H and O–H groups in total. The standard InChI is InChI=1S/C20H26N2OS/c1-4-15(3)21-13-19(23)22-11-9-18-17(10-12-24-18)20(22)16-7-5-14(2)6-8-16/h5-8,10,12,15,20-21H,4,9,11,13H2,1-3H3. The van der Waals surface area contributed by atoms with Gasteiger partial charge >= 0.3 is 0 Å². The van der Waals surface area contributed by atoms with E-state index in [4.69, 9.17) is 0 Å². The third-order valence-corrected chi connectivity index (χ3v) is 5.89. The lowest BCUT2D eigenvalue weighted by Crippen LogP contribution is -2.45. The van der Waals surface area contributed by atoms with E-state index in [0.29, 0.717) is 12.6 Å². The Hall–Kier alpha value is -1.65. The molecular weight excluding hydrogens is 316 g/mol. The molecule has 2 aromatic rings. The summed E-state index contributed by atoms with van der Waals surface area (Å²) in [5.41, 5.74) is 3.75. The molecule has 1 aliphatic rings. The first kappa shape index (κ1) is 17.2. The highest BCUT2D eigenvalue weighted by Gasteiger charge is 2.32. The van der Waals surface area contributed by atoms with Crippen LogP contribution in [0.15, 0.2) is 35.7 Å². The molecule has 24 heavy (non-hydrogen) atoms. The number of nitrogens with zero attached hydrogens (tertiary/aromatic N) is 1. The third kappa shape index (κ3) is 3.55. The van der Waals surface area contributed by atoms with Crippen molar-refractivity contribution in [3.05, 3.63) is 57.3 Å². The summed E-state index contributed by atoms with van der Waals surface area (Å²) in [7, 11) is 0. The molecule has 0 spiro atoms. The van der Waals surface area contributed by atoms with Crippen LogP contribution in [0.3, 0.4) is 0 Å². The van der Waals surface area contributed by atoms with Crippen molar-refractivity contribution in [2.75, 3.05) is 13.1 Å². The van der Waals surface area contributed by atoms with Crippen molar-refractivity contribution in [2.24, 2.45) is 0 Å². The second kappa shape index (κ2) is 7.49. The minimum atomic E-state index is 0.0480. The van der Waals surface area contributed by atoms with E-state index in [9.17, 15) is 4.79 Å². The lowest BCUT2D eigenvalue weighted by Gasteiger charge is -2.36. The summed E-state index contributed by atoms with van der Waals surface area (Å²) in [5.74, 6) is 0.192. The van der Waals surface area contributed by atoms with Crippen molar-refractivity contribution < 1.29 is 4.79 Å². The quantitative estimate of drug-likeness (QED) is 0.893. The molecule has 0 aliphatic carbocycles. The maximum atomic E-state index is 12.9. The molecule has 0 fully saturated rings. The minimum Gasteiger partial charge on any atom is -0.330 e. The molecule has 1 aromatic heterocycles. The molecule has 128 valence electrons. The van der Waals surface area contributed by atoms with Crippen LogP contribution in [0, 0.1) is 6.92 Å². The predicted molar refractivity (Wildman–Crippen MR) is 101 cm³/mol. The van der Waals surface area contributed by atoms with E-state index < -0.39 is 0 Å². The van der Waals surface area contributed by atoms with Crippen LogP contribution in [0.25, 0.3) is 0 Å². The number of aryl methyl sites for hydroxylation is 1. The van der Waals surface area contributed by atoms with Gasteiger partial charge in [0.15, 0.2) is 0 Å². The Bertz CT molecular complexity index is 692. The first-order chi connectivity index (χ1) is 11.6. The fraction of sp³-hybridized carbons (Fsp3) is 0.450. The van der Waals surface area contributed by atoms with Gasteiger partial charge in [0.1, 0.15) is 0 Å². The van der Waals surface area contributed by atoms with Gasteiger partial charge in [-0.1, -0.05) is 36.8 Å². The summed E-state index contributed by atoms with van der Waals surface area (Å²) in [5, 5.41) is 5.49. The van der Waals surface area contributed by atoms with Gasteiger partial charge in [0.05, 0.1) is 12.6 Å². The van der Waals surface area contributed by atoms with Crippen molar-refractivity contribution in [1.29, 1.82) is 0 Å². The van der Waals surface area contributed by atoms with Crippen molar-refractivity contribution >= 4 is 17.2 Å². The van der Waals surface area contributed by atoms with Gasteiger partial charge in [0.2, 0.25) is 5.91 Å². The Morgan fingerprint density at radius 3 is 2.79 bits per heavy atom. The van der Waals surface area contributed by atoms with E-state index in [-0.39, 0.29) is 11.9 Å². The molecular formula is C20H26N2OS. The molecule has 0 bridgehead atoms. The Morgan fingerprint density at radius 1 is 1.33 bits per heavy atom. The number of carbonyl (C=O) groups is 1. The third-order valence-electron chi connectivity index (χ3n) is 4.89. The lowest BCUT2D eigenvalue weighted by atomic mass is 9.92. The molecule has 0 saturated heterocycles. The van der Waals surface area contributed by atoms with Gasteiger partial charge in [0, 0.05) is 17.5 Å². The smallest absolute Gasteiger partial charge is 0.237 e. The van der Waals surface area contributed by atoms with E-state index in [0.717, 1.165) is 19.4 Å². The van der Waals surface area contributed by atoms with Crippen LogP contribution in [0.1, 0.15) is 47.9 Å². The Morgan fingerprint density at radius 2 is 2.08 bits per heavy atom. The molecule has 0 saturated carbocycles. The molecule has 2 atom stereocenters. The number of hydrogen-bond acceptors (Lipinski definition) is 3. The van der Waals surface area contributed by atoms with Crippen molar-refractivity contribution in [2.45, 2.75) is 45.7 Å².